The summed E-state index contributed by atoms with van der Waals surface area (Å²) in [5, 5.41) is 0. The lowest BCUT2D eigenvalue weighted by Crippen LogP contribution is -2.40. The fraction of sp³-hybridized carbons (Fsp3) is 0.250. The van der Waals surface area contributed by atoms with Crippen LogP contribution < -0.4 is 24.4 Å². The number of hydrogen-bond donors (Lipinski definition) is 0. The van der Waals surface area contributed by atoms with Crippen molar-refractivity contribution in [1.29, 1.82) is 0 Å². The van der Waals surface area contributed by atoms with Gasteiger partial charge in [0.2, 0.25) is 0 Å². The van der Waals surface area contributed by atoms with Crippen molar-refractivity contribution in [1.82, 2.24) is 4.57 Å². The monoisotopic (exact) mass is 598 g/mol. The SMILES string of the molecule is C=CCOc1ccc(C=c2sc3n(c2=O)C(c2ccccc2OC)C(C(=O)OCCOC)=C(C)N=3)cc1Br. The molecule has 0 spiro atoms. The van der Waals surface area contributed by atoms with E-state index in [1.807, 2.05) is 36.4 Å². The van der Waals surface area contributed by atoms with Gasteiger partial charge in [0.15, 0.2) is 4.80 Å². The van der Waals surface area contributed by atoms with Crippen LogP contribution in [0.15, 0.2) is 80.6 Å². The molecule has 0 amide bonds. The Balaban J connectivity index is 1.86. The quantitative estimate of drug-likeness (QED) is 0.201. The molecule has 0 radical (unpaired) electrons. The summed E-state index contributed by atoms with van der Waals surface area (Å²) >= 11 is 4.77. The van der Waals surface area contributed by atoms with Gasteiger partial charge in [-0.2, -0.15) is 0 Å². The zero-order valence-corrected chi connectivity index (χ0v) is 23.6. The molecule has 1 aromatic heterocycles. The van der Waals surface area contributed by atoms with Gasteiger partial charge in [-0.1, -0.05) is 48.3 Å². The van der Waals surface area contributed by atoms with Crippen molar-refractivity contribution in [3.8, 4) is 11.5 Å². The highest BCUT2D eigenvalue weighted by Gasteiger charge is 2.35. The second-order valence-corrected chi connectivity index (χ2v) is 10.1. The first-order valence-corrected chi connectivity index (χ1v) is 13.3. The summed E-state index contributed by atoms with van der Waals surface area (Å²) in [5.74, 6) is 0.655. The van der Waals surface area contributed by atoms with Gasteiger partial charge in [-0.15, -0.1) is 0 Å². The zero-order chi connectivity index (χ0) is 27.2. The first kappa shape index (κ1) is 27.6. The predicted octanol–water partition coefficient (Wildman–Crippen LogP) is 3.76. The molecule has 2 heterocycles. The predicted molar refractivity (Wildman–Crippen MR) is 149 cm³/mol. The number of methoxy groups -OCH3 is 2. The highest BCUT2D eigenvalue weighted by atomic mass is 79.9. The maximum atomic E-state index is 13.8. The molecular formula is C28H27BrN2O6S. The zero-order valence-electron chi connectivity index (χ0n) is 21.2. The van der Waals surface area contributed by atoms with Gasteiger partial charge in [-0.3, -0.25) is 9.36 Å². The van der Waals surface area contributed by atoms with E-state index < -0.39 is 12.0 Å². The van der Waals surface area contributed by atoms with E-state index >= 15 is 0 Å². The van der Waals surface area contributed by atoms with E-state index in [-0.39, 0.29) is 24.3 Å². The minimum Gasteiger partial charge on any atom is -0.496 e. The van der Waals surface area contributed by atoms with Crippen LogP contribution in [-0.4, -0.2) is 44.6 Å². The number of ether oxygens (including phenoxy) is 4. The van der Waals surface area contributed by atoms with Gasteiger partial charge >= 0.3 is 5.97 Å². The summed E-state index contributed by atoms with van der Waals surface area (Å²) in [6.07, 6.45) is 3.46. The number of para-hydroxylation sites is 1. The number of halogens is 1. The number of hydrogen-bond acceptors (Lipinski definition) is 8. The Bertz CT molecular complexity index is 1570. The highest BCUT2D eigenvalue weighted by Crippen LogP contribution is 2.35. The summed E-state index contributed by atoms with van der Waals surface area (Å²) in [6, 6.07) is 12.1. The molecule has 1 aliphatic rings. The number of aromatic nitrogens is 1. The molecule has 2 aromatic carbocycles. The minimum atomic E-state index is -0.777. The summed E-state index contributed by atoms with van der Waals surface area (Å²) in [4.78, 5) is 32.2. The van der Waals surface area contributed by atoms with Gasteiger partial charge in [0.25, 0.3) is 5.56 Å². The number of esters is 1. The van der Waals surface area contributed by atoms with Crippen molar-refractivity contribution in [3.63, 3.8) is 0 Å². The maximum Gasteiger partial charge on any atom is 0.338 e. The third kappa shape index (κ3) is 5.67. The lowest BCUT2D eigenvalue weighted by Gasteiger charge is -2.26. The fourth-order valence-corrected chi connectivity index (χ4v) is 5.65. The molecule has 10 heteroatoms. The maximum absolute atomic E-state index is 13.8. The first-order valence-electron chi connectivity index (χ1n) is 11.7. The van der Waals surface area contributed by atoms with Gasteiger partial charge in [0, 0.05) is 12.7 Å². The van der Waals surface area contributed by atoms with Crippen molar-refractivity contribution in [2.75, 3.05) is 34.0 Å². The van der Waals surface area contributed by atoms with Crippen molar-refractivity contribution < 1.29 is 23.7 Å². The molecule has 0 N–H and O–H groups in total. The largest absolute Gasteiger partial charge is 0.496 e. The molecule has 0 aliphatic carbocycles. The van der Waals surface area contributed by atoms with Crippen LogP contribution >= 0.6 is 27.3 Å². The number of nitrogens with zero attached hydrogens (tertiary/aromatic N) is 2. The standard InChI is InChI=1S/C28H27BrN2O6S/c1-5-12-36-22-11-10-18(15-20(22)29)16-23-26(32)31-25(19-8-6-7-9-21(19)35-4)24(17(2)30-28(31)38-23)27(33)37-14-13-34-3/h5-11,15-16,25H,1,12-14H2,2-4H3. The average molecular weight is 600 g/mol. The van der Waals surface area contributed by atoms with E-state index in [9.17, 15) is 9.59 Å². The van der Waals surface area contributed by atoms with Gasteiger partial charge < -0.3 is 18.9 Å². The molecular weight excluding hydrogens is 572 g/mol. The van der Waals surface area contributed by atoms with Gasteiger partial charge in [-0.25, -0.2) is 9.79 Å². The van der Waals surface area contributed by atoms with Crippen LogP contribution in [0, 0.1) is 0 Å². The van der Waals surface area contributed by atoms with E-state index in [0.717, 1.165) is 10.0 Å². The van der Waals surface area contributed by atoms with Crippen molar-refractivity contribution in [2.45, 2.75) is 13.0 Å². The van der Waals surface area contributed by atoms with Crippen molar-refractivity contribution in [3.05, 3.63) is 102 Å². The van der Waals surface area contributed by atoms with E-state index in [2.05, 4.69) is 27.5 Å². The summed E-state index contributed by atoms with van der Waals surface area (Å²) in [5.41, 5.74) is 1.93. The molecule has 38 heavy (non-hydrogen) atoms. The molecule has 1 atom stereocenters. The molecule has 3 aromatic rings. The van der Waals surface area contributed by atoms with E-state index in [4.69, 9.17) is 18.9 Å². The lowest BCUT2D eigenvalue weighted by molar-refractivity contribution is -0.140. The highest BCUT2D eigenvalue weighted by molar-refractivity contribution is 9.10. The van der Waals surface area contributed by atoms with E-state index in [1.165, 1.54) is 23.0 Å². The Morgan fingerprint density at radius 2 is 1.97 bits per heavy atom. The van der Waals surface area contributed by atoms with Crippen LogP contribution in [0.2, 0.25) is 0 Å². The average Bonchev–Trinajstić information content (AvgIpc) is 3.21. The molecule has 1 unspecified atom stereocenters. The molecule has 198 valence electrons. The molecule has 0 fully saturated rings. The van der Waals surface area contributed by atoms with Crippen molar-refractivity contribution >= 4 is 39.3 Å². The Labute approximate surface area is 232 Å². The van der Waals surface area contributed by atoms with E-state index in [1.54, 1.807) is 32.3 Å². The smallest absolute Gasteiger partial charge is 0.338 e. The normalized spacial score (nSPS) is 15.1. The van der Waals surface area contributed by atoms with E-state index in [0.29, 0.717) is 38.7 Å². The molecule has 0 bridgehead atoms. The first-order chi connectivity index (χ1) is 18.4. The summed E-state index contributed by atoms with van der Waals surface area (Å²) in [6.45, 7) is 6.12. The van der Waals surface area contributed by atoms with Crippen LogP contribution in [0.1, 0.15) is 24.1 Å². The van der Waals surface area contributed by atoms with Gasteiger partial charge in [-0.05, 0) is 52.7 Å². The molecule has 0 saturated carbocycles. The molecule has 1 aliphatic heterocycles. The van der Waals surface area contributed by atoms with Crippen LogP contribution in [-0.2, 0) is 14.3 Å². The topological polar surface area (TPSA) is 88.4 Å². The second-order valence-electron chi connectivity index (χ2n) is 8.24. The summed E-state index contributed by atoms with van der Waals surface area (Å²) in [7, 11) is 3.08. The van der Waals surface area contributed by atoms with Gasteiger partial charge in [0.05, 0.1) is 34.0 Å². The Morgan fingerprint density at radius 3 is 2.68 bits per heavy atom. The number of carbonyl (C=O) groups is 1. The molecule has 4 rings (SSSR count). The number of allylic oxidation sites excluding steroid dienone is 1. The second kappa shape index (κ2) is 12.4. The Morgan fingerprint density at radius 1 is 1.18 bits per heavy atom. The molecule has 8 nitrogen and oxygen atoms in total. The van der Waals surface area contributed by atoms with Gasteiger partial charge in [0.1, 0.15) is 30.8 Å². The number of rotatable bonds is 10. The van der Waals surface area contributed by atoms with Crippen LogP contribution in [0.3, 0.4) is 0 Å². The van der Waals surface area contributed by atoms with Crippen molar-refractivity contribution in [2.24, 2.45) is 4.99 Å². The Kier molecular flexibility index (Phi) is 8.98. The third-order valence-corrected chi connectivity index (χ3v) is 7.41. The number of thiazole rings is 1. The summed E-state index contributed by atoms with van der Waals surface area (Å²) < 4.78 is 24.5. The fourth-order valence-electron chi connectivity index (χ4n) is 4.09. The van der Waals surface area contributed by atoms with Crippen LogP contribution in [0.5, 0.6) is 11.5 Å². The minimum absolute atomic E-state index is 0.0799. The van der Waals surface area contributed by atoms with Crippen LogP contribution in [0.25, 0.3) is 6.08 Å². The number of benzene rings is 2. The Hall–Kier alpha value is -3.47. The number of fused-ring (bicyclic) bond motifs is 1. The third-order valence-electron chi connectivity index (χ3n) is 5.81. The number of carbonyl (C=O) groups excluding carboxylic acids is 1. The molecule has 0 saturated heterocycles. The van der Waals surface area contributed by atoms with Crippen LogP contribution in [0.4, 0.5) is 0 Å². The lowest BCUT2D eigenvalue weighted by atomic mass is 9.95.